The molecule has 0 amide bonds. The molecule has 0 spiro atoms. The number of hydrogen-bond donors (Lipinski definition) is 0. The first-order valence-electron chi connectivity index (χ1n) is 5.69. The van der Waals surface area contributed by atoms with Crippen molar-refractivity contribution in [2.24, 2.45) is 5.92 Å². The summed E-state index contributed by atoms with van der Waals surface area (Å²) in [5.74, 6) is 0.590. The van der Waals surface area contributed by atoms with E-state index in [1.807, 2.05) is 6.07 Å². The number of Topliss-reactive ketones (excluding diaryl/α,β-unsaturated/α-hetero) is 1. The largest absolute Gasteiger partial charge is 0.292 e. The Hall–Kier alpha value is -1.18. The average Bonchev–Trinajstić information content (AvgIpc) is 2.62. The first-order chi connectivity index (χ1) is 7.16. The zero-order chi connectivity index (χ0) is 10.8. The van der Waals surface area contributed by atoms with Crippen molar-refractivity contribution in [1.82, 2.24) is 4.98 Å². The molecule has 0 saturated heterocycles. The monoisotopic (exact) mass is 203 g/mol. The second-order valence-electron chi connectivity index (χ2n) is 4.68. The summed E-state index contributed by atoms with van der Waals surface area (Å²) in [4.78, 5) is 16.2. The highest BCUT2D eigenvalue weighted by Gasteiger charge is 2.15. The number of fused-ring (bicyclic) bond motifs is 1. The number of hydrogen-bond acceptors (Lipinski definition) is 2. The van der Waals surface area contributed by atoms with Gasteiger partial charge < -0.3 is 0 Å². The van der Waals surface area contributed by atoms with E-state index in [9.17, 15) is 4.79 Å². The van der Waals surface area contributed by atoms with E-state index < -0.39 is 0 Å². The van der Waals surface area contributed by atoms with E-state index in [2.05, 4.69) is 24.9 Å². The molecule has 1 aromatic rings. The number of aryl methyl sites for hydroxylation is 2. The summed E-state index contributed by atoms with van der Waals surface area (Å²) in [7, 11) is 0. The molecule has 0 aromatic carbocycles. The van der Waals surface area contributed by atoms with Crippen molar-refractivity contribution in [3.05, 3.63) is 29.1 Å². The minimum Gasteiger partial charge on any atom is -0.292 e. The maximum atomic E-state index is 11.8. The van der Waals surface area contributed by atoms with Gasteiger partial charge in [0.25, 0.3) is 0 Å². The summed E-state index contributed by atoms with van der Waals surface area (Å²) in [5.41, 5.74) is 3.13. The molecule has 0 atom stereocenters. The van der Waals surface area contributed by atoms with E-state index in [1.54, 1.807) is 0 Å². The third kappa shape index (κ3) is 2.25. The number of pyridine rings is 1. The van der Waals surface area contributed by atoms with Gasteiger partial charge in [-0.25, -0.2) is 4.98 Å². The van der Waals surface area contributed by atoms with Gasteiger partial charge in [0.05, 0.1) is 0 Å². The fourth-order valence-corrected chi connectivity index (χ4v) is 2.05. The normalized spacial score (nSPS) is 14.3. The number of aromatic nitrogens is 1. The van der Waals surface area contributed by atoms with Gasteiger partial charge in [0, 0.05) is 12.1 Å². The molecule has 0 saturated carbocycles. The summed E-state index contributed by atoms with van der Waals surface area (Å²) in [6.07, 6.45) is 3.95. The Labute approximate surface area is 90.7 Å². The van der Waals surface area contributed by atoms with Crippen molar-refractivity contribution >= 4 is 5.78 Å². The number of rotatable bonds is 3. The molecule has 0 N–H and O–H groups in total. The van der Waals surface area contributed by atoms with Crippen molar-refractivity contribution < 1.29 is 4.79 Å². The molecule has 1 heterocycles. The van der Waals surface area contributed by atoms with Crippen LogP contribution in [0.15, 0.2) is 12.1 Å². The summed E-state index contributed by atoms with van der Waals surface area (Å²) in [6.45, 7) is 4.12. The second kappa shape index (κ2) is 4.13. The van der Waals surface area contributed by atoms with E-state index in [4.69, 9.17) is 0 Å². The summed E-state index contributed by atoms with van der Waals surface area (Å²) < 4.78 is 0. The van der Waals surface area contributed by atoms with Crippen LogP contribution in [0.1, 0.15) is 48.4 Å². The lowest BCUT2D eigenvalue weighted by molar-refractivity contribution is 0.0963. The van der Waals surface area contributed by atoms with Gasteiger partial charge in [0.15, 0.2) is 5.78 Å². The van der Waals surface area contributed by atoms with Gasteiger partial charge in [-0.05, 0) is 36.8 Å². The lowest BCUT2D eigenvalue weighted by atomic mass is 10.0. The second-order valence-corrected chi connectivity index (χ2v) is 4.68. The molecule has 15 heavy (non-hydrogen) atoms. The van der Waals surface area contributed by atoms with E-state index in [-0.39, 0.29) is 5.78 Å². The Balaban J connectivity index is 2.19. The Morgan fingerprint density at radius 1 is 1.40 bits per heavy atom. The van der Waals surface area contributed by atoms with Crippen molar-refractivity contribution in [1.29, 1.82) is 0 Å². The van der Waals surface area contributed by atoms with Crippen molar-refractivity contribution in [3.8, 4) is 0 Å². The first-order valence-corrected chi connectivity index (χ1v) is 5.69. The van der Waals surface area contributed by atoms with Crippen LogP contribution in [0.2, 0.25) is 0 Å². The molecule has 0 bridgehead atoms. The Bertz CT molecular complexity index is 382. The highest BCUT2D eigenvalue weighted by molar-refractivity contribution is 5.94. The van der Waals surface area contributed by atoms with Gasteiger partial charge in [0.2, 0.25) is 0 Å². The van der Waals surface area contributed by atoms with Crippen LogP contribution in [0, 0.1) is 5.92 Å². The number of nitrogens with zero attached hydrogens (tertiary/aromatic N) is 1. The van der Waals surface area contributed by atoms with E-state index in [0.717, 1.165) is 18.5 Å². The van der Waals surface area contributed by atoms with Crippen LogP contribution in [-0.2, 0) is 12.8 Å². The molecule has 1 aliphatic rings. The standard InChI is InChI=1S/C13H17NO/c1-9(2)8-13(15)12-7-6-10-4-3-5-11(10)14-12/h6-7,9H,3-5,8H2,1-2H3. The van der Waals surface area contributed by atoms with Crippen LogP contribution < -0.4 is 0 Å². The summed E-state index contributed by atoms with van der Waals surface area (Å²) in [5, 5.41) is 0. The van der Waals surface area contributed by atoms with Crippen LogP contribution in [0.25, 0.3) is 0 Å². The van der Waals surface area contributed by atoms with Crippen LogP contribution in [0.3, 0.4) is 0 Å². The third-order valence-electron chi connectivity index (χ3n) is 2.81. The average molecular weight is 203 g/mol. The number of ketones is 1. The quantitative estimate of drug-likeness (QED) is 0.707. The Kier molecular flexibility index (Phi) is 2.85. The maximum Gasteiger partial charge on any atom is 0.181 e. The van der Waals surface area contributed by atoms with Gasteiger partial charge in [-0.3, -0.25) is 4.79 Å². The lowest BCUT2D eigenvalue weighted by Gasteiger charge is -2.05. The van der Waals surface area contributed by atoms with Crippen LogP contribution >= 0.6 is 0 Å². The number of carbonyl (C=O) groups excluding carboxylic acids is 1. The molecule has 0 fully saturated rings. The fourth-order valence-electron chi connectivity index (χ4n) is 2.05. The predicted octanol–water partition coefficient (Wildman–Crippen LogP) is 2.80. The zero-order valence-electron chi connectivity index (χ0n) is 9.42. The Morgan fingerprint density at radius 3 is 2.93 bits per heavy atom. The van der Waals surface area contributed by atoms with Crippen molar-refractivity contribution in [2.45, 2.75) is 39.5 Å². The minimum atomic E-state index is 0.180. The molecule has 2 rings (SSSR count). The summed E-state index contributed by atoms with van der Waals surface area (Å²) in [6, 6.07) is 3.96. The molecule has 1 aliphatic carbocycles. The molecular weight excluding hydrogens is 186 g/mol. The van der Waals surface area contributed by atoms with Gasteiger partial charge in [-0.2, -0.15) is 0 Å². The van der Waals surface area contributed by atoms with Crippen molar-refractivity contribution in [2.75, 3.05) is 0 Å². The van der Waals surface area contributed by atoms with Gasteiger partial charge >= 0.3 is 0 Å². The molecule has 80 valence electrons. The van der Waals surface area contributed by atoms with Crippen LogP contribution in [-0.4, -0.2) is 10.8 Å². The van der Waals surface area contributed by atoms with E-state index >= 15 is 0 Å². The predicted molar refractivity (Wildman–Crippen MR) is 60.0 cm³/mol. The van der Waals surface area contributed by atoms with Gasteiger partial charge in [-0.1, -0.05) is 19.9 Å². The highest BCUT2D eigenvalue weighted by atomic mass is 16.1. The zero-order valence-corrected chi connectivity index (χ0v) is 9.42. The van der Waals surface area contributed by atoms with E-state index in [0.29, 0.717) is 18.0 Å². The van der Waals surface area contributed by atoms with Gasteiger partial charge in [0.1, 0.15) is 5.69 Å². The molecular formula is C13H17NO. The van der Waals surface area contributed by atoms with Crippen molar-refractivity contribution in [3.63, 3.8) is 0 Å². The fraction of sp³-hybridized carbons (Fsp3) is 0.538. The number of carbonyl (C=O) groups is 1. The van der Waals surface area contributed by atoms with Gasteiger partial charge in [-0.15, -0.1) is 0 Å². The molecule has 0 radical (unpaired) electrons. The maximum absolute atomic E-state index is 11.8. The SMILES string of the molecule is CC(C)CC(=O)c1ccc2c(n1)CCC2. The highest BCUT2D eigenvalue weighted by Crippen LogP contribution is 2.20. The molecule has 0 aliphatic heterocycles. The molecule has 0 unspecified atom stereocenters. The molecule has 2 heteroatoms. The summed E-state index contributed by atoms with van der Waals surface area (Å²) >= 11 is 0. The topological polar surface area (TPSA) is 30.0 Å². The van der Waals surface area contributed by atoms with Crippen LogP contribution in [0.4, 0.5) is 0 Å². The smallest absolute Gasteiger partial charge is 0.181 e. The van der Waals surface area contributed by atoms with Crippen LogP contribution in [0.5, 0.6) is 0 Å². The van der Waals surface area contributed by atoms with E-state index in [1.165, 1.54) is 12.0 Å². The minimum absolute atomic E-state index is 0.180. The lowest BCUT2D eigenvalue weighted by Crippen LogP contribution is -2.07. The molecule has 1 aromatic heterocycles. The third-order valence-corrected chi connectivity index (χ3v) is 2.81. The first kappa shape index (κ1) is 10.3. The Morgan fingerprint density at radius 2 is 2.20 bits per heavy atom. The molecule has 2 nitrogen and oxygen atoms in total.